The molecule has 2 atom stereocenters. The molecular weight excluding hydrogens is 214 g/mol. The largest absolute Gasteiger partial charge is 0.341 e. The molecule has 0 bridgehead atoms. The van der Waals surface area contributed by atoms with Crippen molar-refractivity contribution < 1.29 is 4.79 Å². The lowest BCUT2D eigenvalue weighted by molar-refractivity contribution is -0.131. The molecule has 2 fully saturated rings. The molecule has 0 aromatic heterocycles. The monoisotopic (exact) mass is 239 g/mol. The Hall–Kier alpha value is -0.610. The zero-order chi connectivity index (χ0) is 12.4. The zero-order valence-corrected chi connectivity index (χ0v) is 11.1. The summed E-state index contributed by atoms with van der Waals surface area (Å²) in [6.07, 6.45) is 3.95. The van der Waals surface area contributed by atoms with E-state index in [0.717, 1.165) is 32.0 Å². The van der Waals surface area contributed by atoms with Crippen LogP contribution >= 0.6 is 0 Å². The molecule has 1 heterocycles. The van der Waals surface area contributed by atoms with E-state index in [1.165, 1.54) is 19.4 Å². The number of nitrogens with zero attached hydrogens (tertiary/aromatic N) is 2. The molecule has 1 amide bonds. The van der Waals surface area contributed by atoms with Gasteiger partial charge in [0.15, 0.2) is 0 Å². The first-order valence-electron chi connectivity index (χ1n) is 6.79. The summed E-state index contributed by atoms with van der Waals surface area (Å²) in [5.41, 5.74) is 5.63. The van der Waals surface area contributed by atoms with Crippen LogP contribution in [-0.2, 0) is 4.79 Å². The molecule has 0 spiro atoms. The molecule has 1 saturated heterocycles. The smallest absolute Gasteiger partial charge is 0.239 e. The van der Waals surface area contributed by atoms with Crippen molar-refractivity contribution >= 4 is 5.91 Å². The van der Waals surface area contributed by atoms with Gasteiger partial charge in [-0.1, -0.05) is 0 Å². The Balaban J connectivity index is 1.71. The van der Waals surface area contributed by atoms with Crippen molar-refractivity contribution in [3.63, 3.8) is 0 Å². The van der Waals surface area contributed by atoms with Crippen LogP contribution in [0.2, 0.25) is 0 Å². The van der Waals surface area contributed by atoms with Crippen LogP contribution in [0.3, 0.4) is 0 Å². The highest BCUT2D eigenvalue weighted by molar-refractivity contribution is 5.81. The number of likely N-dealkylation sites (tertiary alicyclic amines) is 1. The molecule has 17 heavy (non-hydrogen) atoms. The van der Waals surface area contributed by atoms with Gasteiger partial charge in [-0.15, -0.1) is 0 Å². The van der Waals surface area contributed by atoms with Crippen molar-refractivity contribution in [3.8, 4) is 0 Å². The minimum absolute atomic E-state index is 0.109. The van der Waals surface area contributed by atoms with Gasteiger partial charge in [0.25, 0.3) is 0 Å². The van der Waals surface area contributed by atoms with Gasteiger partial charge in [-0.3, -0.25) is 4.79 Å². The summed E-state index contributed by atoms with van der Waals surface area (Å²) in [5.74, 6) is 1.70. The Kier molecular flexibility index (Phi) is 4.05. The fraction of sp³-hybridized carbons (Fsp3) is 0.923. The van der Waals surface area contributed by atoms with Crippen molar-refractivity contribution in [2.75, 3.05) is 33.2 Å². The minimum atomic E-state index is -0.349. The fourth-order valence-electron chi connectivity index (χ4n) is 2.73. The highest BCUT2D eigenvalue weighted by Crippen LogP contribution is 2.29. The second-order valence-electron chi connectivity index (χ2n) is 5.89. The van der Waals surface area contributed by atoms with Crippen LogP contribution in [0, 0.1) is 11.8 Å². The molecule has 0 aromatic carbocycles. The number of hydrogen-bond acceptors (Lipinski definition) is 3. The molecule has 98 valence electrons. The maximum Gasteiger partial charge on any atom is 0.239 e. The normalized spacial score (nSPS) is 26.6. The number of rotatable bonds is 5. The molecular formula is C13H25N3O. The summed E-state index contributed by atoms with van der Waals surface area (Å²) < 4.78 is 0. The van der Waals surface area contributed by atoms with E-state index in [4.69, 9.17) is 5.73 Å². The summed E-state index contributed by atoms with van der Waals surface area (Å²) in [4.78, 5) is 16.1. The maximum atomic E-state index is 11.8. The summed E-state index contributed by atoms with van der Waals surface area (Å²) in [6, 6.07) is -0.349. The lowest BCUT2D eigenvalue weighted by Crippen LogP contribution is -2.41. The van der Waals surface area contributed by atoms with Crippen molar-refractivity contribution in [1.82, 2.24) is 9.80 Å². The van der Waals surface area contributed by atoms with E-state index in [1.807, 2.05) is 4.90 Å². The summed E-state index contributed by atoms with van der Waals surface area (Å²) in [5, 5.41) is 0. The van der Waals surface area contributed by atoms with E-state index in [9.17, 15) is 4.79 Å². The second kappa shape index (κ2) is 5.36. The van der Waals surface area contributed by atoms with Crippen LogP contribution in [-0.4, -0.2) is 55.0 Å². The third kappa shape index (κ3) is 3.68. The first-order chi connectivity index (χ1) is 8.06. The van der Waals surface area contributed by atoms with Gasteiger partial charge < -0.3 is 15.5 Å². The average molecular weight is 239 g/mol. The van der Waals surface area contributed by atoms with E-state index >= 15 is 0 Å². The topological polar surface area (TPSA) is 49.6 Å². The van der Waals surface area contributed by atoms with E-state index in [0.29, 0.717) is 5.92 Å². The van der Waals surface area contributed by atoms with Gasteiger partial charge in [-0.05, 0) is 45.1 Å². The van der Waals surface area contributed by atoms with Gasteiger partial charge in [0.2, 0.25) is 5.91 Å². The van der Waals surface area contributed by atoms with Crippen molar-refractivity contribution in [3.05, 3.63) is 0 Å². The second-order valence-corrected chi connectivity index (χ2v) is 5.89. The molecule has 0 aromatic rings. The van der Waals surface area contributed by atoms with Gasteiger partial charge in [0.05, 0.1) is 6.04 Å². The molecule has 4 heteroatoms. The molecule has 1 aliphatic heterocycles. The van der Waals surface area contributed by atoms with Crippen LogP contribution < -0.4 is 5.73 Å². The van der Waals surface area contributed by atoms with Gasteiger partial charge >= 0.3 is 0 Å². The van der Waals surface area contributed by atoms with Gasteiger partial charge in [0, 0.05) is 26.2 Å². The van der Waals surface area contributed by atoms with Gasteiger partial charge in [0.1, 0.15) is 0 Å². The third-order valence-corrected chi connectivity index (χ3v) is 3.82. The van der Waals surface area contributed by atoms with Gasteiger partial charge in [-0.2, -0.15) is 0 Å². The Morgan fingerprint density at radius 2 is 2.00 bits per heavy atom. The van der Waals surface area contributed by atoms with E-state index in [2.05, 4.69) is 11.9 Å². The SMILES string of the molecule is C[C@@H](N)C(=O)N1CCC(CN(C)CC2CC2)C1. The first-order valence-corrected chi connectivity index (χ1v) is 6.79. The van der Waals surface area contributed by atoms with Crippen LogP contribution in [0.4, 0.5) is 0 Å². The number of carbonyl (C=O) groups excluding carboxylic acids is 1. The molecule has 1 saturated carbocycles. The molecule has 2 rings (SSSR count). The Morgan fingerprint density at radius 1 is 1.35 bits per heavy atom. The highest BCUT2D eigenvalue weighted by Gasteiger charge is 2.29. The number of nitrogens with two attached hydrogens (primary N) is 1. The van der Waals surface area contributed by atoms with E-state index in [1.54, 1.807) is 6.92 Å². The highest BCUT2D eigenvalue weighted by atomic mass is 16.2. The lowest BCUT2D eigenvalue weighted by Gasteiger charge is -2.22. The maximum absolute atomic E-state index is 11.8. The Bertz CT molecular complexity index is 276. The third-order valence-electron chi connectivity index (χ3n) is 3.82. The van der Waals surface area contributed by atoms with Crippen LogP contribution in [0.15, 0.2) is 0 Å². The first kappa shape index (κ1) is 12.8. The number of amides is 1. The summed E-state index contributed by atoms with van der Waals surface area (Å²) >= 11 is 0. The molecule has 0 radical (unpaired) electrons. The van der Waals surface area contributed by atoms with Crippen molar-refractivity contribution in [2.24, 2.45) is 17.6 Å². The lowest BCUT2D eigenvalue weighted by atomic mass is 10.1. The Morgan fingerprint density at radius 3 is 2.59 bits per heavy atom. The fourth-order valence-corrected chi connectivity index (χ4v) is 2.73. The average Bonchev–Trinajstić information content (AvgIpc) is 2.94. The number of hydrogen-bond donors (Lipinski definition) is 1. The van der Waals surface area contributed by atoms with E-state index < -0.39 is 0 Å². The van der Waals surface area contributed by atoms with Crippen LogP contribution in [0.5, 0.6) is 0 Å². The zero-order valence-electron chi connectivity index (χ0n) is 11.1. The van der Waals surface area contributed by atoms with E-state index in [-0.39, 0.29) is 11.9 Å². The van der Waals surface area contributed by atoms with Crippen molar-refractivity contribution in [2.45, 2.75) is 32.2 Å². The molecule has 4 nitrogen and oxygen atoms in total. The quantitative estimate of drug-likeness (QED) is 0.761. The molecule has 1 unspecified atom stereocenters. The predicted octanol–water partition coefficient (Wildman–Crippen LogP) is 0.524. The van der Waals surface area contributed by atoms with Crippen LogP contribution in [0.25, 0.3) is 0 Å². The number of carbonyl (C=O) groups is 1. The Labute approximate surface area is 104 Å². The summed E-state index contributed by atoms with van der Waals surface area (Å²) in [7, 11) is 2.20. The molecule has 2 N–H and O–H groups in total. The van der Waals surface area contributed by atoms with Crippen molar-refractivity contribution in [1.29, 1.82) is 0 Å². The minimum Gasteiger partial charge on any atom is -0.341 e. The summed E-state index contributed by atoms with van der Waals surface area (Å²) in [6.45, 7) is 5.92. The molecule has 2 aliphatic rings. The predicted molar refractivity (Wildman–Crippen MR) is 68.6 cm³/mol. The molecule has 1 aliphatic carbocycles. The van der Waals surface area contributed by atoms with Gasteiger partial charge in [-0.25, -0.2) is 0 Å². The van der Waals surface area contributed by atoms with Crippen LogP contribution in [0.1, 0.15) is 26.2 Å². The standard InChI is InChI=1S/C13H25N3O/c1-10(14)13(17)16-6-5-12(9-16)8-15(2)7-11-3-4-11/h10-12H,3-9,14H2,1-2H3/t10-,12?/m1/s1.